The maximum atomic E-state index is 11.3. The second-order valence-electron chi connectivity index (χ2n) is 3.46. The molecule has 1 amide bonds. The summed E-state index contributed by atoms with van der Waals surface area (Å²) in [5.74, 6) is 1.57. The lowest BCUT2D eigenvalue weighted by atomic mass is 10.4. The van der Waals surface area contributed by atoms with E-state index < -0.39 is 0 Å². The fourth-order valence-electron chi connectivity index (χ4n) is 1.20. The molecule has 5 heteroatoms. The second-order valence-corrected chi connectivity index (χ2v) is 3.46. The van der Waals surface area contributed by atoms with E-state index in [1.807, 2.05) is 19.1 Å². The zero-order valence-corrected chi connectivity index (χ0v) is 9.71. The van der Waals surface area contributed by atoms with E-state index in [1.54, 1.807) is 7.11 Å². The van der Waals surface area contributed by atoms with Gasteiger partial charge in [-0.3, -0.25) is 4.79 Å². The average Bonchev–Trinajstić information content (AvgIpc) is 2.68. The minimum Gasteiger partial charge on any atom is -0.465 e. The number of methoxy groups -OCH3 is 1. The van der Waals surface area contributed by atoms with Crippen LogP contribution in [0.15, 0.2) is 16.5 Å². The van der Waals surface area contributed by atoms with Crippen LogP contribution in [0.2, 0.25) is 0 Å². The summed E-state index contributed by atoms with van der Waals surface area (Å²) in [6, 6.07) is 3.73. The van der Waals surface area contributed by atoms with Gasteiger partial charge in [-0.2, -0.15) is 0 Å². The number of hydrogen-bond donors (Lipinski definition) is 2. The van der Waals surface area contributed by atoms with E-state index in [0.717, 1.165) is 11.5 Å². The zero-order chi connectivity index (χ0) is 11.8. The summed E-state index contributed by atoms with van der Waals surface area (Å²) in [6.07, 6.45) is 0. The molecule has 0 aromatic carbocycles. The maximum absolute atomic E-state index is 11.3. The Morgan fingerprint density at radius 2 is 2.31 bits per heavy atom. The lowest BCUT2D eigenvalue weighted by Gasteiger charge is -2.04. The number of carbonyl (C=O) groups is 1. The van der Waals surface area contributed by atoms with Crippen molar-refractivity contribution in [2.75, 3.05) is 26.8 Å². The first-order valence-electron chi connectivity index (χ1n) is 5.24. The monoisotopic (exact) mass is 226 g/mol. The fraction of sp³-hybridized carbons (Fsp3) is 0.545. The highest BCUT2D eigenvalue weighted by atomic mass is 16.5. The van der Waals surface area contributed by atoms with Gasteiger partial charge in [-0.1, -0.05) is 0 Å². The SMILES string of the molecule is COCCNCC(=O)NCc1ccc(C)o1. The molecule has 1 aromatic rings. The van der Waals surface area contributed by atoms with Gasteiger partial charge in [0.15, 0.2) is 0 Å². The number of aryl methyl sites for hydroxylation is 1. The predicted molar refractivity (Wildman–Crippen MR) is 60.0 cm³/mol. The van der Waals surface area contributed by atoms with E-state index in [4.69, 9.17) is 9.15 Å². The first-order chi connectivity index (χ1) is 7.72. The zero-order valence-electron chi connectivity index (χ0n) is 9.71. The van der Waals surface area contributed by atoms with Gasteiger partial charge in [-0.25, -0.2) is 0 Å². The van der Waals surface area contributed by atoms with Crippen molar-refractivity contribution >= 4 is 5.91 Å². The standard InChI is InChI=1S/C11H18N2O3/c1-9-3-4-10(16-9)7-13-11(14)8-12-5-6-15-2/h3-4,12H,5-8H2,1-2H3,(H,13,14). The maximum Gasteiger partial charge on any atom is 0.234 e. The van der Waals surface area contributed by atoms with Crippen molar-refractivity contribution in [1.29, 1.82) is 0 Å². The van der Waals surface area contributed by atoms with Gasteiger partial charge in [-0.15, -0.1) is 0 Å². The van der Waals surface area contributed by atoms with Crippen LogP contribution in [0.4, 0.5) is 0 Å². The number of furan rings is 1. The molecule has 5 nitrogen and oxygen atoms in total. The highest BCUT2D eigenvalue weighted by Crippen LogP contribution is 2.04. The Morgan fingerprint density at radius 1 is 1.50 bits per heavy atom. The van der Waals surface area contributed by atoms with E-state index in [2.05, 4.69) is 10.6 Å². The molecule has 0 atom stereocenters. The van der Waals surface area contributed by atoms with Gasteiger partial charge in [0.25, 0.3) is 0 Å². The molecular formula is C11H18N2O3. The highest BCUT2D eigenvalue weighted by Gasteiger charge is 2.02. The van der Waals surface area contributed by atoms with E-state index >= 15 is 0 Å². The van der Waals surface area contributed by atoms with Crippen molar-refractivity contribution in [1.82, 2.24) is 10.6 Å². The topological polar surface area (TPSA) is 63.5 Å². The van der Waals surface area contributed by atoms with Crippen LogP contribution in [0.3, 0.4) is 0 Å². The molecule has 1 aromatic heterocycles. The van der Waals surface area contributed by atoms with Crippen LogP contribution in [0.25, 0.3) is 0 Å². The summed E-state index contributed by atoms with van der Waals surface area (Å²) >= 11 is 0. The number of ether oxygens (including phenoxy) is 1. The van der Waals surface area contributed by atoms with Crippen LogP contribution in [0, 0.1) is 6.92 Å². The summed E-state index contributed by atoms with van der Waals surface area (Å²) in [7, 11) is 1.63. The van der Waals surface area contributed by atoms with Crippen molar-refractivity contribution in [3.05, 3.63) is 23.7 Å². The summed E-state index contributed by atoms with van der Waals surface area (Å²) in [4.78, 5) is 11.3. The molecule has 0 aliphatic carbocycles. The van der Waals surface area contributed by atoms with Gasteiger partial charge in [0.1, 0.15) is 11.5 Å². The van der Waals surface area contributed by atoms with Crippen LogP contribution in [-0.4, -0.2) is 32.7 Å². The molecule has 0 saturated heterocycles. The third-order valence-electron chi connectivity index (χ3n) is 2.02. The second kappa shape index (κ2) is 7.03. The van der Waals surface area contributed by atoms with Crippen LogP contribution >= 0.6 is 0 Å². The van der Waals surface area contributed by atoms with Crippen molar-refractivity contribution in [2.24, 2.45) is 0 Å². The average molecular weight is 226 g/mol. The lowest BCUT2D eigenvalue weighted by molar-refractivity contribution is -0.120. The van der Waals surface area contributed by atoms with Crippen LogP contribution in [0.5, 0.6) is 0 Å². The van der Waals surface area contributed by atoms with E-state index in [0.29, 0.717) is 26.2 Å². The van der Waals surface area contributed by atoms with Gasteiger partial charge in [0, 0.05) is 13.7 Å². The summed E-state index contributed by atoms with van der Waals surface area (Å²) in [5.41, 5.74) is 0. The minimum atomic E-state index is -0.0508. The highest BCUT2D eigenvalue weighted by molar-refractivity contribution is 5.77. The molecule has 0 radical (unpaired) electrons. The Bertz CT molecular complexity index is 323. The van der Waals surface area contributed by atoms with Crippen LogP contribution in [0.1, 0.15) is 11.5 Å². The van der Waals surface area contributed by atoms with Crippen LogP contribution in [-0.2, 0) is 16.1 Å². The predicted octanol–water partition coefficient (Wildman–Crippen LogP) is 0.440. The smallest absolute Gasteiger partial charge is 0.234 e. The Morgan fingerprint density at radius 3 is 2.94 bits per heavy atom. The Hall–Kier alpha value is -1.33. The molecule has 1 rings (SSSR count). The normalized spacial score (nSPS) is 10.4. The number of hydrogen-bond acceptors (Lipinski definition) is 4. The molecule has 0 fully saturated rings. The molecule has 0 spiro atoms. The molecule has 0 aliphatic heterocycles. The number of nitrogens with one attached hydrogen (secondary N) is 2. The first-order valence-corrected chi connectivity index (χ1v) is 5.24. The van der Waals surface area contributed by atoms with Gasteiger partial charge in [-0.05, 0) is 19.1 Å². The number of rotatable bonds is 7. The van der Waals surface area contributed by atoms with Crippen molar-refractivity contribution in [2.45, 2.75) is 13.5 Å². The van der Waals surface area contributed by atoms with E-state index in [1.165, 1.54) is 0 Å². The first kappa shape index (κ1) is 12.7. The lowest BCUT2D eigenvalue weighted by Crippen LogP contribution is -2.34. The molecule has 0 saturated carbocycles. The Balaban J connectivity index is 2.10. The van der Waals surface area contributed by atoms with Crippen molar-refractivity contribution in [3.8, 4) is 0 Å². The third kappa shape index (κ3) is 4.95. The van der Waals surface area contributed by atoms with Gasteiger partial charge in [0.05, 0.1) is 19.7 Å². The van der Waals surface area contributed by atoms with Crippen molar-refractivity contribution in [3.63, 3.8) is 0 Å². The molecule has 0 aliphatic rings. The Labute approximate surface area is 95.2 Å². The molecule has 1 heterocycles. The largest absolute Gasteiger partial charge is 0.465 e. The molecule has 2 N–H and O–H groups in total. The summed E-state index contributed by atoms with van der Waals surface area (Å²) < 4.78 is 10.2. The van der Waals surface area contributed by atoms with Crippen LogP contribution < -0.4 is 10.6 Å². The molecule has 0 unspecified atom stereocenters. The minimum absolute atomic E-state index is 0.0508. The summed E-state index contributed by atoms with van der Waals surface area (Å²) in [6.45, 7) is 3.87. The van der Waals surface area contributed by atoms with Gasteiger partial charge < -0.3 is 19.8 Å². The summed E-state index contributed by atoms with van der Waals surface area (Å²) in [5, 5.41) is 5.71. The quantitative estimate of drug-likeness (QED) is 0.662. The Kier molecular flexibility index (Phi) is 5.60. The van der Waals surface area contributed by atoms with Gasteiger partial charge in [0.2, 0.25) is 5.91 Å². The molecular weight excluding hydrogens is 208 g/mol. The molecule has 16 heavy (non-hydrogen) atoms. The fourth-order valence-corrected chi connectivity index (χ4v) is 1.20. The van der Waals surface area contributed by atoms with E-state index in [-0.39, 0.29) is 5.91 Å². The van der Waals surface area contributed by atoms with Crippen molar-refractivity contribution < 1.29 is 13.9 Å². The van der Waals surface area contributed by atoms with E-state index in [9.17, 15) is 4.79 Å². The number of amides is 1. The third-order valence-corrected chi connectivity index (χ3v) is 2.02. The van der Waals surface area contributed by atoms with Gasteiger partial charge >= 0.3 is 0 Å². The number of carbonyl (C=O) groups excluding carboxylic acids is 1. The molecule has 0 bridgehead atoms. The molecule has 90 valence electrons.